The molecule has 0 fully saturated rings. The summed E-state index contributed by atoms with van der Waals surface area (Å²) in [7, 11) is 0. The van der Waals surface area contributed by atoms with Crippen LogP contribution in [0.4, 0.5) is 0 Å². The molecule has 1 aromatic carbocycles. The number of hydrogen-bond acceptors (Lipinski definition) is 3. The van der Waals surface area contributed by atoms with E-state index in [1.165, 1.54) is 0 Å². The molecular weight excluding hydrogens is 284 g/mol. The average molecular weight is 302 g/mol. The SMILES string of the molecule is CC(C)(CCC(=O)O)NC(=O)c1cc2ccccc2c(=O)[nH]1. The fourth-order valence-electron chi connectivity index (χ4n) is 2.19. The van der Waals surface area contributed by atoms with Crippen molar-refractivity contribution in [2.75, 3.05) is 0 Å². The van der Waals surface area contributed by atoms with E-state index >= 15 is 0 Å². The molecule has 0 unspecified atom stereocenters. The molecule has 0 aliphatic heterocycles. The van der Waals surface area contributed by atoms with Gasteiger partial charge in [-0.15, -0.1) is 0 Å². The number of rotatable bonds is 5. The number of carboxylic acid groups (broad SMARTS) is 1. The molecule has 0 atom stereocenters. The zero-order valence-corrected chi connectivity index (χ0v) is 12.5. The minimum atomic E-state index is -0.915. The molecule has 6 heteroatoms. The quantitative estimate of drug-likeness (QED) is 0.785. The van der Waals surface area contributed by atoms with Gasteiger partial charge in [0.2, 0.25) is 0 Å². The predicted octanol–water partition coefficient (Wildman–Crippen LogP) is 1.90. The number of fused-ring (bicyclic) bond motifs is 1. The first-order valence-corrected chi connectivity index (χ1v) is 6.95. The van der Waals surface area contributed by atoms with Crippen molar-refractivity contribution in [1.82, 2.24) is 10.3 Å². The molecule has 0 bridgehead atoms. The first-order valence-electron chi connectivity index (χ1n) is 6.95. The minimum absolute atomic E-state index is 0.0402. The number of carbonyl (C=O) groups is 2. The number of carboxylic acids is 1. The summed E-state index contributed by atoms with van der Waals surface area (Å²) in [5.41, 5.74) is -0.850. The number of aliphatic carboxylic acids is 1. The molecule has 6 nitrogen and oxygen atoms in total. The van der Waals surface area contributed by atoms with Gasteiger partial charge in [-0.25, -0.2) is 0 Å². The Morgan fingerprint density at radius 1 is 1.27 bits per heavy atom. The van der Waals surface area contributed by atoms with E-state index in [2.05, 4.69) is 10.3 Å². The topological polar surface area (TPSA) is 99.3 Å². The minimum Gasteiger partial charge on any atom is -0.481 e. The molecule has 0 spiro atoms. The maximum absolute atomic E-state index is 12.3. The Morgan fingerprint density at radius 3 is 2.64 bits per heavy atom. The van der Waals surface area contributed by atoms with Crippen LogP contribution >= 0.6 is 0 Å². The van der Waals surface area contributed by atoms with Crippen LogP contribution in [-0.4, -0.2) is 27.5 Å². The number of benzene rings is 1. The van der Waals surface area contributed by atoms with Gasteiger partial charge in [0.25, 0.3) is 11.5 Å². The van der Waals surface area contributed by atoms with E-state index in [0.717, 1.165) is 0 Å². The Hall–Kier alpha value is -2.63. The molecule has 1 aromatic heterocycles. The fourth-order valence-corrected chi connectivity index (χ4v) is 2.19. The Kier molecular flexibility index (Phi) is 4.30. The second-order valence-corrected chi connectivity index (χ2v) is 5.83. The third-order valence-electron chi connectivity index (χ3n) is 3.41. The maximum atomic E-state index is 12.3. The molecule has 1 heterocycles. The monoisotopic (exact) mass is 302 g/mol. The molecule has 1 amide bonds. The van der Waals surface area contributed by atoms with Gasteiger partial charge in [0.15, 0.2) is 0 Å². The second-order valence-electron chi connectivity index (χ2n) is 5.83. The van der Waals surface area contributed by atoms with Gasteiger partial charge in [0.1, 0.15) is 5.69 Å². The Balaban J connectivity index is 2.23. The first-order chi connectivity index (χ1) is 10.3. The molecular formula is C16H18N2O4. The smallest absolute Gasteiger partial charge is 0.303 e. The standard InChI is InChI=1S/C16H18N2O4/c1-16(2,8-7-13(19)20)18-15(22)12-9-10-5-3-4-6-11(10)14(21)17-12/h3-6,9H,7-8H2,1-2H3,(H,17,21)(H,18,22)(H,19,20). The molecule has 0 radical (unpaired) electrons. The Morgan fingerprint density at radius 2 is 1.95 bits per heavy atom. The normalized spacial score (nSPS) is 11.4. The number of nitrogens with one attached hydrogen (secondary N) is 2. The van der Waals surface area contributed by atoms with Crippen molar-refractivity contribution in [3.05, 3.63) is 46.4 Å². The molecule has 0 aliphatic rings. The molecule has 3 N–H and O–H groups in total. The van der Waals surface area contributed by atoms with Crippen LogP contribution in [-0.2, 0) is 4.79 Å². The predicted molar refractivity (Wildman–Crippen MR) is 83.0 cm³/mol. The highest BCUT2D eigenvalue weighted by molar-refractivity contribution is 5.96. The number of carbonyl (C=O) groups excluding carboxylic acids is 1. The number of hydrogen-bond donors (Lipinski definition) is 3. The van der Waals surface area contributed by atoms with E-state index in [1.807, 2.05) is 0 Å². The third kappa shape index (κ3) is 3.72. The summed E-state index contributed by atoms with van der Waals surface area (Å²) in [6.45, 7) is 3.49. The van der Waals surface area contributed by atoms with Crippen LogP contribution in [0.2, 0.25) is 0 Å². The van der Waals surface area contributed by atoms with E-state index < -0.39 is 17.4 Å². The lowest BCUT2D eigenvalue weighted by Crippen LogP contribution is -2.44. The average Bonchev–Trinajstić information content (AvgIpc) is 2.45. The summed E-state index contributed by atoms with van der Waals surface area (Å²) >= 11 is 0. The molecule has 0 aliphatic carbocycles. The summed E-state index contributed by atoms with van der Waals surface area (Å²) in [5, 5.41) is 12.7. The lowest BCUT2D eigenvalue weighted by molar-refractivity contribution is -0.137. The summed E-state index contributed by atoms with van der Waals surface area (Å²) in [4.78, 5) is 37.4. The number of pyridine rings is 1. The molecule has 116 valence electrons. The molecule has 0 saturated heterocycles. The molecule has 2 aromatic rings. The van der Waals surface area contributed by atoms with Crippen LogP contribution < -0.4 is 10.9 Å². The van der Waals surface area contributed by atoms with Crippen LogP contribution in [0.25, 0.3) is 10.8 Å². The second kappa shape index (κ2) is 6.01. The van der Waals surface area contributed by atoms with Crippen molar-refractivity contribution in [2.24, 2.45) is 0 Å². The summed E-state index contributed by atoms with van der Waals surface area (Å²) in [6, 6.07) is 8.61. The van der Waals surface area contributed by atoms with E-state index in [-0.39, 0.29) is 17.7 Å². The van der Waals surface area contributed by atoms with Gasteiger partial charge in [0, 0.05) is 17.3 Å². The lowest BCUT2D eigenvalue weighted by atomic mass is 9.98. The van der Waals surface area contributed by atoms with Crippen molar-refractivity contribution in [2.45, 2.75) is 32.2 Å². The van der Waals surface area contributed by atoms with Crippen molar-refractivity contribution in [3.8, 4) is 0 Å². The van der Waals surface area contributed by atoms with E-state index in [9.17, 15) is 14.4 Å². The molecule has 22 heavy (non-hydrogen) atoms. The van der Waals surface area contributed by atoms with Gasteiger partial charge in [-0.2, -0.15) is 0 Å². The van der Waals surface area contributed by atoms with E-state index in [1.54, 1.807) is 44.2 Å². The molecule has 0 saturated carbocycles. The summed E-state index contributed by atoms with van der Waals surface area (Å²) in [6.07, 6.45) is 0.257. The van der Waals surface area contributed by atoms with Gasteiger partial charge in [-0.3, -0.25) is 14.4 Å². The van der Waals surface area contributed by atoms with Crippen LogP contribution in [0, 0.1) is 0 Å². The third-order valence-corrected chi connectivity index (χ3v) is 3.41. The number of H-pyrrole nitrogens is 1. The summed E-state index contributed by atoms with van der Waals surface area (Å²) < 4.78 is 0. The van der Waals surface area contributed by atoms with Crippen LogP contribution in [0.5, 0.6) is 0 Å². The van der Waals surface area contributed by atoms with Crippen LogP contribution in [0.15, 0.2) is 35.1 Å². The van der Waals surface area contributed by atoms with Gasteiger partial charge >= 0.3 is 5.97 Å². The van der Waals surface area contributed by atoms with Crippen LogP contribution in [0.3, 0.4) is 0 Å². The fraction of sp³-hybridized carbons (Fsp3) is 0.312. The van der Waals surface area contributed by atoms with Gasteiger partial charge < -0.3 is 15.4 Å². The van der Waals surface area contributed by atoms with Crippen LogP contribution in [0.1, 0.15) is 37.2 Å². The van der Waals surface area contributed by atoms with Gasteiger partial charge in [-0.05, 0) is 37.8 Å². The number of aromatic nitrogens is 1. The maximum Gasteiger partial charge on any atom is 0.303 e. The van der Waals surface area contributed by atoms with Crippen molar-refractivity contribution < 1.29 is 14.7 Å². The van der Waals surface area contributed by atoms with E-state index in [4.69, 9.17) is 5.11 Å². The largest absolute Gasteiger partial charge is 0.481 e. The summed E-state index contributed by atoms with van der Waals surface area (Å²) in [5.74, 6) is -1.35. The van der Waals surface area contributed by atoms with Gasteiger partial charge in [-0.1, -0.05) is 18.2 Å². The van der Waals surface area contributed by atoms with Crippen molar-refractivity contribution >= 4 is 22.6 Å². The Bertz CT molecular complexity index is 777. The van der Waals surface area contributed by atoms with Crippen molar-refractivity contribution in [1.29, 1.82) is 0 Å². The zero-order chi connectivity index (χ0) is 16.3. The zero-order valence-electron chi connectivity index (χ0n) is 12.5. The van der Waals surface area contributed by atoms with E-state index in [0.29, 0.717) is 17.2 Å². The molecule has 2 rings (SSSR count). The number of aromatic amines is 1. The highest BCUT2D eigenvalue weighted by Crippen LogP contribution is 2.14. The Labute approximate surface area is 127 Å². The van der Waals surface area contributed by atoms with Gasteiger partial charge in [0.05, 0.1) is 0 Å². The first kappa shape index (κ1) is 15.8. The number of amides is 1. The highest BCUT2D eigenvalue weighted by Gasteiger charge is 2.22. The lowest BCUT2D eigenvalue weighted by Gasteiger charge is -2.25. The highest BCUT2D eigenvalue weighted by atomic mass is 16.4. The van der Waals surface area contributed by atoms with Crippen molar-refractivity contribution in [3.63, 3.8) is 0 Å².